The van der Waals surface area contributed by atoms with Crippen LogP contribution in [0.4, 0.5) is 4.79 Å². The topological polar surface area (TPSA) is 52.6 Å². The van der Waals surface area contributed by atoms with Gasteiger partial charge in [-0.1, -0.05) is 0 Å². The molecule has 1 atom stereocenters. The second-order valence-electron chi connectivity index (χ2n) is 3.61. The van der Waals surface area contributed by atoms with E-state index >= 15 is 0 Å². The number of carbonyl (C=O) groups is 1. The van der Waals surface area contributed by atoms with Gasteiger partial charge >= 0.3 is 6.09 Å². The lowest BCUT2D eigenvalue weighted by molar-refractivity contribution is 0.138. The van der Waals surface area contributed by atoms with Crippen LogP contribution >= 0.6 is 0 Å². The van der Waals surface area contributed by atoms with Crippen molar-refractivity contribution >= 4 is 6.09 Å². The van der Waals surface area contributed by atoms with Gasteiger partial charge in [-0.2, -0.15) is 0 Å². The zero-order chi connectivity index (χ0) is 9.26. The molecular weight excluding hydrogens is 168 g/mol. The van der Waals surface area contributed by atoms with Crippen LogP contribution in [0.2, 0.25) is 0 Å². The summed E-state index contributed by atoms with van der Waals surface area (Å²) in [6, 6.07) is 0. The predicted molar refractivity (Wildman–Crippen MR) is 48.4 cm³/mol. The summed E-state index contributed by atoms with van der Waals surface area (Å²) in [5, 5.41) is 12.1. The lowest BCUT2D eigenvalue weighted by Crippen LogP contribution is -2.43. The maximum Gasteiger partial charge on any atom is 0.407 e. The fourth-order valence-electron chi connectivity index (χ4n) is 2.01. The van der Waals surface area contributed by atoms with Gasteiger partial charge in [-0.05, 0) is 18.9 Å². The third kappa shape index (κ3) is 1.61. The van der Waals surface area contributed by atoms with Crippen molar-refractivity contribution in [2.24, 2.45) is 5.92 Å². The first-order chi connectivity index (χ1) is 6.27. The number of rotatable bonds is 0. The highest BCUT2D eigenvalue weighted by molar-refractivity contribution is 5.65. The Morgan fingerprint density at radius 1 is 1.69 bits per heavy atom. The molecule has 0 saturated carbocycles. The molecule has 2 rings (SSSR count). The summed E-state index contributed by atoms with van der Waals surface area (Å²) < 4.78 is 0. The van der Waals surface area contributed by atoms with Crippen molar-refractivity contribution in [3.8, 4) is 0 Å². The van der Waals surface area contributed by atoms with E-state index in [1.54, 1.807) is 0 Å². The Bertz CT molecular complexity index is 250. The summed E-state index contributed by atoms with van der Waals surface area (Å²) in [7, 11) is 0. The number of fused-ring (bicyclic) bond motifs is 1. The van der Waals surface area contributed by atoms with Crippen molar-refractivity contribution in [3.05, 3.63) is 11.8 Å². The van der Waals surface area contributed by atoms with Crippen LogP contribution in [0.25, 0.3) is 0 Å². The minimum absolute atomic E-state index is 0.415. The molecule has 4 heteroatoms. The van der Waals surface area contributed by atoms with E-state index in [0.717, 1.165) is 19.4 Å². The third-order valence-corrected chi connectivity index (χ3v) is 2.74. The minimum Gasteiger partial charge on any atom is -0.465 e. The van der Waals surface area contributed by atoms with Gasteiger partial charge in [-0.25, -0.2) is 4.79 Å². The van der Waals surface area contributed by atoms with Gasteiger partial charge in [0.25, 0.3) is 0 Å². The molecule has 0 aromatic carbocycles. The number of nitrogens with zero attached hydrogens (tertiary/aromatic N) is 1. The molecule has 1 amide bonds. The molecule has 2 N–H and O–H groups in total. The molecule has 1 fully saturated rings. The van der Waals surface area contributed by atoms with E-state index in [9.17, 15) is 4.79 Å². The van der Waals surface area contributed by atoms with Gasteiger partial charge in [0.1, 0.15) is 0 Å². The smallest absolute Gasteiger partial charge is 0.407 e. The molecule has 13 heavy (non-hydrogen) atoms. The van der Waals surface area contributed by atoms with Crippen LogP contribution in [-0.4, -0.2) is 35.7 Å². The Morgan fingerprint density at radius 3 is 3.31 bits per heavy atom. The molecule has 0 bridgehead atoms. The maximum absolute atomic E-state index is 10.7. The van der Waals surface area contributed by atoms with Crippen molar-refractivity contribution in [2.75, 3.05) is 19.6 Å². The van der Waals surface area contributed by atoms with Crippen molar-refractivity contribution in [2.45, 2.75) is 12.8 Å². The molecular formula is C9H14N2O2. The Morgan fingerprint density at radius 2 is 2.54 bits per heavy atom. The van der Waals surface area contributed by atoms with Gasteiger partial charge in [-0.3, -0.25) is 0 Å². The Kier molecular flexibility index (Phi) is 2.12. The molecule has 72 valence electrons. The molecule has 2 aliphatic heterocycles. The van der Waals surface area contributed by atoms with Crippen LogP contribution in [-0.2, 0) is 0 Å². The summed E-state index contributed by atoms with van der Waals surface area (Å²) in [4.78, 5) is 12.2. The van der Waals surface area contributed by atoms with Crippen LogP contribution in [0.3, 0.4) is 0 Å². The van der Waals surface area contributed by atoms with E-state index < -0.39 is 6.09 Å². The van der Waals surface area contributed by atoms with Crippen LogP contribution in [0.15, 0.2) is 11.8 Å². The highest BCUT2D eigenvalue weighted by atomic mass is 16.4. The fourth-order valence-corrected chi connectivity index (χ4v) is 2.01. The molecule has 0 aromatic rings. The van der Waals surface area contributed by atoms with E-state index in [0.29, 0.717) is 19.0 Å². The normalized spacial score (nSPS) is 27.2. The Labute approximate surface area is 77.2 Å². The van der Waals surface area contributed by atoms with Gasteiger partial charge < -0.3 is 15.3 Å². The average Bonchev–Trinajstić information content (AvgIpc) is 2.17. The molecule has 0 spiro atoms. The molecule has 2 heterocycles. The van der Waals surface area contributed by atoms with Crippen molar-refractivity contribution in [1.29, 1.82) is 0 Å². The maximum atomic E-state index is 10.7. The number of hydrogen-bond donors (Lipinski definition) is 2. The highest BCUT2D eigenvalue weighted by Gasteiger charge is 2.26. The van der Waals surface area contributed by atoms with Crippen molar-refractivity contribution < 1.29 is 9.90 Å². The number of amides is 1. The largest absolute Gasteiger partial charge is 0.465 e. The van der Waals surface area contributed by atoms with Gasteiger partial charge in [0, 0.05) is 31.2 Å². The molecule has 1 saturated heterocycles. The van der Waals surface area contributed by atoms with Crippen LogP contribution < -0.4 is 5.32 Å². The monoisotopic (exact) mass is 182 g/mol. The molecule has 0 aliphatic carbocycles. The SMILES string of the molecule is O=C(O)N1CC=C2NCCCC2C1. The van der Waals surface area contributed by atoms with E-state index in [-0.39, 0.29) is 0 Å². The second kappa shape index (κ2) is 3.28. The van der Waals surface area contributed by atoms with E-state index in [2.05, 4.69) is 5.32 Å². The van der Waals surface area contributed by atoms with Gasteiger partial charge in [0.05, 0.1) is 0 Å². The first-order valence-corrected chi connectivity index (χ1v) is 4.69. The second-order valence-corrected chi connectivity index (χ2v) is 3.61. The van der Waals surface area contributed by atoms with E-state index in [4.69, 9.17) is 5.11 Å². The number of nitrogens with one attached hydrogen (secondary N) is 1. The first-order valence-electron chi connectivity index (χ1n) is 4.69. The summed E-state index contributed by atoms with van der Waals surface area (Å²) >= 11 is 0. The molecule has 4 nitrogen and oxygen atoms in total. The van der Waals surface area contributed by atoms with Crippen LogP contribution in [0.1, 0.15) is 12.8 Å². The third-order valence-electron chi connectivity index (χ3n) is 2.74. The van der Waals surface area contributed by atoms with Crippen molar-refractivity contribution in [1.82, 2.24) is 10.2 Å². The quantitative estimate of drug-likeness (QED) is 0.584. The molecule has 0 radical (unpaired) electrons. The molecule has 2 aliphatic rings. The summed E-state index contributed by atoms with van der Waals surface area (Å²) in [6.07, 6.45) is 3.46. The number of piperidine rings is 1. The van der Waals surface area contributed by atoms with Crippen LogP contribution in [0.5, 0.6) is 0 Å². The molecule has 0 aromatic heterocycles. The summed E-state index contributed by atoms with van der Waals surface area (Å²) in [5.41, 5.74) is 1.25. The first kappa shape index (κ1) is 8.41. The molecule has 1 unspecified atom stereocenters. The minimum atomic E-state index is -0.805. The predicted octanol–water partition coefficient (Wildman–Crippen LogP) is 0.863. The zero-order valence-electron chi connectivity index (χ0n) is 7.49. The lowest BCUT2D eigenvalue weighted by Gasteiger charge is -2.34. The fraction of sp³-hybridized carbons (Fsp3) is 0.667. The Balaban J connectivity index is 2.07. The summed E-state index contributed by atoms with van der Waals surface area (Å²) in [6.45, 7) is 2.23. The zero-order valence-corrected chi connectivity index (χ0v) is 7.49. The number of carboxylic acid groups (broad SMARTS) is 1. The average molecular weight is 182 g/mol. The lowest BCUT2D eigenvalue weighted by atomic mass is 9.92. The van der Waals surface area contributed by atoms with E-state index in [1.807, 2.05) is 6.08 Å². The Hall–Kier alpha value is -1.19. The van der Waals surface area contributed by atoms with Crippen molar-refractivity contribution in [3.63, 3.8) is 0 Å². The van der Waals surface area contributed by atoms with Gasteiger partial charge in [0.2, 0.25) is 0 Å². The van der Waals surface area contributed by atoms with E-state index in [1.165, 1.54) is 10.6 Å². The summed E-state index contributed by atoms with van der Waals surface area (Å²) in [5.74, 6) is 0.415. The van der Waals surface area contributed by atoms with Gasteiger partial charge in [0.15, 0.2) is 0 Å². The highest BCUT2D eigenvalue weighted by Crippen LogP contribution is 2.24. The number of hydrogen-bond acceptors (Lipinski definition) is 2. The van der Waals surface area contributed by atoms with Gasteiger partial charge in [-0.15, -0.1) is 0 Å². The standard InChI is InChI=1S/C9H14N2O2/c12-9(13)11-5-3-8-7(6-11)2-1-4-10-8/h3,7,10H,1-2,4-6H2,(H,12,13). The van der Waals surface area contributed by atoms with Crippen LogP contribution in [0, 0.1) is 5.92 Å².